The van der Waals surface area contributed by atoms with Gasteiger partial charge in [0.2, 0.25) is 15.9 Å². The lowest BCUT2D eigenvalue weighted by atomic mass is 10.2. The Morgan fingerprint density at radius 3 is 2.65 bits per heavy atom. The van der Waals surface area contributed by atoms with Crippen LogP contribution in [0.2, 0.25) is 5.02 Å². The molecule has 0 atom stereocenters. The van der Waals surface area contributed by atoms with Crippen LogP contribution < -0.4 is 5.32 Å². The summed E-state index contributed by atoms with van der Waals surface area (Å²) < 4.78 is 25.4. The molecule has 0 radical (unpaired) electrons. The molecule has 0 aliphatic carbocycles. The fourth-order valence-corrected chi connectivity index (χ4v) is 3.13. The third-order valence-corrected chi connectivity index (χ3v) is 4.78. The largest absolute Gasteiger partial charge is 0.355 e. The number of benzene rings is 1. The third kappa shape index (κ3) is 3.70. The van der Waals surface area contributed by atoms with Crippen molar-refractivity contribution in [3.05, 3.63) is 28.8 Å². The maximum atomic E-state index is 12.3. The van der Waals surface area contributed by atoms with Gasteiger partial charge in [-0.25, -0.2) is 8.42 Å². The lowest BCUT2D eigenvalue weighted by Crippen LogP contribution is -2.38. The lowest BCUT2D eigenvalue weighted by molar-refractivity contribution is -0.121. The molecular formula is C12H14ClN3O3S. The second kappa shape index (κ2) is 6.70. The summed E-state index contributed by atoms with van der Waals surface area (Å²) in [6.45, 7) is 1.86. The minimum Gasteiger partial charge on any atom is -0.355 e. The van der Waals surface area contributed by atoms with Gasteiger partial charge in [0.15, 0.2) is 0 Å². The number of carbonyl (C=O) groups is 1. The van der Waals surface area contributed by atoms with Gasteiger partial charge >= 0.3 is 0 Å². The van der Waals surface area contributed by atoms with Crippen LogP contribution in [0.3, 0.4) is 0 Å². The Kier molecular flexibility index (Phi) is 5.51. The van der Waals surface area contributed by atoms with E-state index in [2.05, 4.69) is 5.32 Å². The summed E-state index contributed by atoms with van der Waals surface area (Å²) in [7, 11) is -2.59. The van der Waals surface area contributed by atoms with Crippen molar-refractivity contribution >= 4 is 27.5 Å². The van der Waals surface area contributed by atoms with E-state index in [0.717, 1.165) is 4.31 Å². The molecule has 0 aliphatic rings. The van der Waals surface area contributed by atoms with E-state index in [4.69, 9.17) is 16.9 Å². The van der Waals surface area contributed by atoms with Crippen molar-refractivity contribution in [1.29, 1.82) is 5.26 Å². The molecule has 1 N–H and O–H groups in total. The van der Waals surface area contributed by atoms with Crippen LogP contribution >= 0.6 is 11.6 Å². The summed E-state index contributed by atoms with van der Waals surface area (Å²) >= 11 is 5.88. The Bertz CT molecular complexity index is 652. The number of carbonyl (C=O) groups excluding carboxylic acids is 1. The van der Waals surface area contributed by atoms with Crippen LogP contribution in [0.1, 0.15) is 12.5 Å². The summed E-state index contributed by atoms with van der Waals surface area (Å²) in [6.07, 6.45) is 0. The van der Waals surface area contributed by atoms with Gasteiger partial charge in [0.25, 0.3) is 0 Å². The van der Waals surface area contributed by atoms with Crippen molar-refractivity contribution in [3.63, 3.8) is 0 Å². The van der Waals surface area contributed by atoms with Gasteiger partial charge in [-0.05, 0) is 25.1 Å². The average Bonchev–Trinajstić information content (AvgIpc) is 2.38. The maximum absolute atomic E-state index is 12.3. The van der Waals surface area contributed by atoms with E-state index in [1.807, 2.05) is 6.07 Å². The van der Waals surface area contributed by atoms with Crippen LogP contribution in [0, 0.1) is 11.3 Å². The van der Waals surface area contributed by atoms with Gasteiger partial charge < -0.3 is 5.32 Å². The van der Waals surface area contributed by atoms with E-state index in [9.17, 15) is 13.2 Å². The van der Waals surface area contributed by atoms with Gasteiger partial charge in [0, 0.05) is 13.6 Å². The third-order valence-electron chi connectivity index (χ3n) is 2.49. The molecule has 108 valence electrons. The molecule has 6 nitrogen and oxygen atoms in total. The molecule has 8 heteroatoms. The zero-order valence-electron chi connectivity index (χ0n) is 11.1. The Hall–Kier alpha value is -1.62. The normalized spacial score (nSPS) is 11.2. The standard InChI is InChI=1S/C12H14ClN3O3S/c1-3-15-12(17)8-16(2)20(18,19)11-5-4-9(7-14)6-10(11)13/h4-6H,3,8H2,1-2H3,(H,15,17). The van der Waals surface area contributed by atoms with E-state index in [0.29, 0.717) is 6.54 Å². The van der Waals surface area contributed by atoms with E-state index in [1.54, 1.807) is 6.92 Å². The van der Waals surface area contributed by atoms with Crippen LogP contribution in [0.4, 0.5) is 0 Å². The smallest absolute Gasteiger partial charge is 0.244 e. The van der Waals surface area contributed by atoms with Crippen molar-refractivity contribution in [2.45, 2.75) is 11.8 Å². The fraction of sp³-hybridized carbons (Fsp3) is 0.333. The summed E-state index contributed by atoms with van der Waals surface area (Å²) in [4.78, 5) is 11.3. The molecule has 0 saturated carbocycles. The highest BCUT2D eigenvalue weighted by molar-refractivity contribution is 7.89. The van der Waals surface area contributed by atoms with Crippen molar-refractivity contribution in [2.24, 2.45) is 0 Å². The Morgan fingerprint density at radius 1 is 1.50 bits per heavy atom. The summed E-state index contributed by atoms with van der Waals surface area (Å²) in [5, 5.41) is 11.2. The molecule has 1 amide bonds. The molecule has 0 fully saturated rings. The number of hydrogen-bond donors (Lipinski definition) is 1. The number of sulfonamides is 1. The van der Waals surface area contributed by atoms with Crippen molar-refractivity contribution < 1.29 is 13.2 Å². The predicted molar refractivity (Wildman–Crippen MR) is 74.7 cm³/mol. The Balaban J connectivity index is 3.05. The molecule has 1 aromatic carbocycles. The number of halogens is 1. The first-order chi connectivity index (χ1) is 9.32. The molecular weight excluding hydrogens is 302 g/mol. The lowest BCUT2D eigenvalue weighted by Gasteiger charge is -2.17. The van der Waals surface area contributed by atoms with Crippen molar-refractivity contribution in [1.82, 2.24) is 9.62 Å². The first-order valence-electron chi connectivity index (χ1n) is 5.75. The molecule has 0 unspecified atom stereocenters. The predicted octanol–water partition coefficient (Wildman–Crippen LogP) is 0.968. The zero-order valence-corrected chi connectivity index (χ0v) is 12.6. The van der Waals surface area contributed by atoms with Crippen LogP contribution in [-0.2, 0) is 14.8 Å². The molecule has 20 heavy (non-hydrogen) atoms. The second-order valence-corrected chi connectivity index (χ2v) is 6.39. The highest BCUT2D eigenvalue weighted by Crippen LogP contribution is 2.24. The Morgan fingerprint density at radius 2 is 2.15 bits per heavy atom. The SMILES string of the molecule is CCNC(=O)CN(C)S(=O)(=O)c1ccc(C#N)cc1Cl. The van der Waals surface area contributed by atoms with Crippen LogP contribution in [0.5, 0.6) is 0 Å². The Labute approximate surface area is 123 Å². The highest BCUT2D eigenvalue weighted by Gasteiger charge is 2.25. The molecule has 0 bridgehead atoms. The van der Waals surface area contributed by atoms with Crippen molar-refractivity contribution in [2.75, 3.05) is 20.1 Å². The van der Waals surface area contributed by atoms with Gasteiger partial charge in [0.1, 0.15) is 4.90 Å². The van der Waals surface area contributed by atoms with Gasteiger partial charge in [0.05, 0.1) is 23.2 Å². The molecule has 0 spiro atoms. The minimum atomic E-state index is -3.88. The number of amides is 1. The minimum absolute atomic E-state index is 0.0493. The van der Waals surface area contributed by atoms with Crippen LogP contribution in [0.15, 0.2) is 23.1 Å². The second-order valence-electron chi connectivity index (χ2n) is 3.97. The van der Waals surface area contributed by atoms with E-state index < -0.39 is 15.9 Å². The monoisotopic (exact) mass is 315 g/mol. The van der Waals surface area contributed by atoms with Gasteiger partial charge in [-0.15, -0.1) is 0 Å². The van der Waals surface area contributed by atoms with E-state index >= 15 is 0 Å². The first kappa shape index (κ1) is 16.4. The fourth-order valence-electron chi connectivity index (χ4n) is 1.49. The number of rotatable bonds is 5. The highest BCUT2D eigenvalue weighted by atomic mass is 35.5. The van der Waals surface area contributed by atoms with E-state index in [-0.39, 0.29) is 22.0 Å². The van der Waals surface area contributed by atoms with Crippen LogP contribution in [0.25, 0.3) is 0 Å². The quantitative estimate of drug-likeness (QED) is 0.876. The summed E-state index contributed by atoms with van der Waals surface area (Å²) in [6, 6.07) is 5.75. The number of nitrogens with one attached hydrogen (secondary N) is 1. The molecule has 0 saturated heterocycles. The summed E-state index contributed by atoms with van der Waals surface area (Å²) in [5.41, 5.74) is 0.264. The average molecular weight is 316 g/mol. The maximum Gasteiger partial charge on any atom is 0.244 e. The molecule has 0 aromatic heterocycles. The molecule has 0 aliphatic heterocycles. The zero-order chi connectivity index (χ0) is 15.3. The molecule has 0 heterocycles. The number of hydrogen-bond acceptors (Lipinski definition) is 4. The van der Waals surface area contributed by atoms with Gasteiger partial charge in [-0.1, -0.05) is 11.6 Å². The van der Waals surface area contributed by atoms with Crippen LogP contribution in [-0.4, -0.2) is 38.8 Å². The van der Waals surface area contributed by atoms with Gasteiger partial charge in [-0.2, -0.15) is 9.57 Å². The number of nitrogens with zero attached hydrogens (tertiary/aromatic N) is 2. The molecule has 1 aromatic rings. The molecule has 1 rings (SSSR count). The topological polar surface area (TPSA) is 90.3 Å². The van der Waals surface area contributed by atoms with Gasteiger partial charge in [-0.3, -0.25) is 4.79 Å². The first-order valence-corrected chi connectivity index (χ1v) is 7.57. The van der Waals surface area contributed by atoms with E-state index in [1.165, 1.54) is 25.2 Å². The number of likely N-dealkylation sites (N-methyl/N-ethyl adjacent to an activating group) is 2. The number of nitriles is 1. The summed E-state index contributed by atoms with van der Waals surface area (Å²) in [5.74, 6) is -0.400. The van der Waals surface area contributed by atoms with Crippen molar-refractivity contribution in [3.8, 4) is 6.07 Å².